The molecule has 1 atom stereocenters. The molecule has 1 N–H and O–H groups in total. The zero-order valence-corrected chi connectivity index (χ0v) is 9.64. The maximum Gasteiger partial charge on any atom is 0.124 e. The van der Waals surface area contributed by atoms with Gasteiger partial charge in [-0.2, -0.15) is 0 Å². The van der Waals surface area contributed by atoms with E-state index in [1.165, 1.54) is 12.1 Å². The molecule has 0 amide bonds. The Hall–Kier alpha value is -0.640. The number of ether oxygens (including phenoxy) is 1. The molecule has 0 fully saturated rings. The number of halogens is 2. The lowest BCUT2D eigenvalue weighted by Crippen LogP contribution is -2.18. The molecule has 1 aromatic carbocycles. The number of benzene rings is 1. The van der Waals surface area contributed by atoms with Crippen molar-refractivity contribution < 1.29 is 9.13 Å². The van der Waals surface area contributed by atoms with Crippen LogP contribution in [0.15, 0.2) is 18.2 Å². The highest BCUT2D eigenvalue weighted by Crippen LogP contribution is 2.25. The topological polar surface area (TPSA) is 21.3 Å². The molecule has 0 aliphatic carbocycles. The third kappa shape index (κ3) is 3.45. The molecule has 1 aromatic rings. The quantitative estimate of drug-likeness (QED) is 0.842. The molecule has 0 saturated carbocycles. The van der Waals surface area contributed by atoms with E-state index in [0.717, 1.165) is 12.0 Å². The summed E-state index contributed by atoms with van der Waals surface area (Å²) >= 11 is 5.96. The Labute approximate surface area is 94.4 Å². The molecular formula is C11H15ClFNO. The van der Waals surface area contributed by atoms with E-state index in [1.54, 1.807) is 13.2 Å². The average Bonchev–Trinajstić information content (AvgIpc) is 2.21. The van der Waals surface area contributed by atoms with Crippen molar-refractivity contribution in [2.24, 2.45) is 0 Å². The van der Waals surface area contributed by atoms with Crippen LogP contribution in [0.5, 0.6) is 0 Å². The largest absolute Gasteiger partial charge is 0.385 e. The number of hydrogen-bond donors (Lipinski definition) is 1. The monoisotopic (exact) mass is 231 g/mol. The number of methoxy groups -OCH3 is 1. The highest BCUT2D eigenvalue weighted by atomic mass is 35.5. The van der Waals surface area contributed by atoms with E-state index in [-0.39, 0.29) is 11.9 Å². The fourth-order valence-corrected chi connectivity index (χ4v) is 1.77. The number of hydrogen-bond acceptors (Lipinski definition) is 2. The van der Waals surface area contributed by atoms with Crippen LogP contribution in [-0.4, -0.2) is 20.8 Å². The Morgan fingerprint density at radius 3 is 2.80 bits per heavy atom. The van der Waals surface area contributed by atoms with E-state index in [9.17, 15) is 4.39 Å². The molecule has 0 saturated heterocycles. The van der Waals surface area contributed by atoms with Crippen LogP contribution < -0.4 is 5.32 Å². The molecule has 0 radical (unpaired) electrons. The maximum atomic E-state index is 12.8. The number of rotatable bonds is 5. The predicted octanol–water partition coefficient (Wildman–Crippen LogP) is 2.78. The van der Waals surface area contributed by atoms with Crippen LogP contribution in [0.1, 0.15) is 18.0 Å². The van der Waals surface area contributed by atoms with Gasteiger partial charge < -0.3 is 10.1 Å². The fraction of sp³-hybridized carbons (Fsp3) is 0.455. The van der Waals surface area contributed by atoms with Gasteiger partial charge in [-0.1, -0.05) is 17.7 Å². The third-order valence-electron chi connectivity index (χ3n) is 2.30. The zero-order valence-electron chi connectivity index (χ0n) is 8.89. The van der Waals surface area contributed by atoms with Gasteiger partial charge in [-0.05, 0) is 31.2 Å². The van der Waals surface area contributed by atoms with Crippen molar-refractivity contribution in [1.29, 1.82) is 0 Å². The van der Waals surface area contributed by atoms with Crippen molar-refractivity contribution in [3.05, 3.63) is 34.6 Å². The van der Waals surface area contributed by atoms with Crippen LogP contribution in [0, 0.1) is 5.82 Å². The molecule has 2 nitrogen and oxygen atoms in total. The minimum atomic E-state index is -0.314. The summed E-state index contributed by atoms with van der Waals surface area (Å²) in [6, 6.07) is 4.54. The van der Waals surface area contributed by atoms with E-state index in [0.29, 0.717) is 11.6 Å². The molecule has 0 aliphatic rings. The predicted molar refractivity (Wildman–Crippen MR) is 59.7 cm³/mol. The van der Waals surface area contributed by atoms with Gasteiger partial charge in [0.1, 0.15) is 5.82 Å². The smallest absolute Gasteiger partial charge is 0.124 e. The molecular weight excluding hydrogens is 217 g/mol. The van der Waals surface area contributed by atoms with Crippen molar-refractivity contribution in [3.8, 4) is 0 Å². The van der Waals surface area contributed by atoms with Crippen molar-refractivity contribution in [2.75, 3.05) is 20.8 Å². The molecule has 0 heterocycles. The number of nitrogens with one attached hydrogen (secondary N) is 1. The second kappa shape index (κ2) is 6.05. The Kier molecular flexibility index (Phi) is 5.02. The van der Waals surface area contributed by atoms with E-state index in [2.05, 4.69) is 5.32 Å². The average molecular weight is 232 g/mol. The summed E-state index contributed by atoms with van der Waals surface area (Å²) in [5, 5.41) is 3.58. The Balaban J connectivity index is 2.81. The normalized spacial score (nSPS) is 12.8. The molecule has 15 heavy (non-hydrogen) atoms. The van der Waals surface area contributed by atoms with Crippen LogP contribution in [0.2, 0.25) is 5.02 Å². The van der Waals surface area contributed by atoms with Crippen LogP contribution in [0.25, 0.3) is 0 Å². The first kappa shape index (κ1) is 12.4. The van der Waals surface area contributed by atoms with Crippen LogP contribution in [-0.2, 0) is 4.74 Å². The van der Waals surface area contributed by atoms with Gasteiger partial charge in [-0.3, -0.25) is 0 Å². The third-order valence-corrected chi connectivity index (χ3v) is 2.62. The standard InChI is InChI=1S/C11H15ClFNO/c1-14-11(5-6-15-2)9-4-3-8(13)7-10(9)12/h3-4,7,11,14H,5-6H2,1-2H3. The molecule has 0 spiro atoms. The Bertz CT molecular complexity index is 319. The molecule has 0 aliphatic heterocycles. The van der Waals surface area contributed by atoms with Gasteiger partial charge >= 0.3 is 0 Å². The molecule has 0 aromatic heterocycles. The molecule has 4 heteroatoms. The van der Waals surface area contributed by atoms with Crippen molar-refractivity contribution in [3.63, 3.8) is 0 Å². The Morgan fingerprint density at radius 1 is 1.53 bits per heavy atom. The van der Waals surface area contributed by atoms with Gasteiger partial charge in [0.25, 0.3) is 0 Å². The minimum absolute atomic E-state index is 0.0954. The van der Waals surface area contributed by atoms with E-state index in [4.69, 9.17) is 16.3 Å². The minimum Gasteiger partial charge on any atom is -0.385 e. The second-order valence-corrected chi connectivity index (χ2v) is 3.70. The summed E-state index contributed by atoms with van der Waals surface area (Å²) in [7, 11) is 3.50. The van der Waals surface area contributed by atoms with Crippen molar-refractivity contribution >= 4 is 11.6 Å². The van der Waals surface area contributed by atoms with Gasteiger partial charge in [-0.15, -0.1) is 0 Å². The highest BCUT2D eigenvalue weighted by molar-refractivity contribution is 6.31. The van der Waals surface area contributed by atoms with Gasteiger partial charge in [0.2, 0.25) is 0 Å². The summed E-state index contributed by atoms with van der Waals surface area (Å²) in [5.41, 5.74) is 0.901. The van der Waals surface area contributed by atoms with Gasteiger partial charge in [0, 0.05) is 24.8 Å². The first-order valence-electron chi connectivity index (χ1n) is 4.80. The molecule has 0 bridgehead atoms. The zero-order chi connectivity index (χ0) is 11.3. The summed E-state index contributed by atoms with van der Waals surface area (Å²) in [4.78, 5) is 0. The summed E-state index contributed by atoms with van der Waals surface area (Å²) < 4.78 is 17.8. The summed E-state index contributed by atoms with van der Waals surface area (Å²) in [5.74, 6) is -0.314. The van der Waals surface area contributed by atoms with Gasteiger partial charge in [0.15, 0.2) is 0 Å². The van der Waals surface area contributed by atoms with E-state index < -0.39 is 0 Å². The molecule has 1 rings (SSSR count). The summed E-state index contributed by atoms with van der Waals surface area (Å²) in [6.45, 7) is 0.638. The van der Waals surface area contributed by atoms with E-state index >= 15 is 0 Å². The SMILES string of the molecule is CNC(CCOC)c1ccc(F)cc1Cl. The lowest BCUT2D eigenvalue weighted by molar-refractivity contribution is 0.184. The van der Waals surface area contributed by atoms with E-state index in [1.807, 2.05) is 7.05 Å². The molecule has 1 unspecified atom stereocenters. The fourth-order valence-electron chi connectivity index (χ4n) is 1.48. The van der Waals surface area contributed by atoms with Crippen molar-refractivity contribution in [1.82, 2.24) is 5.32 Å². The molecule has 84 valence electrons. The van der Waals surface area contributed by atoms with Gasteiger partial charge in [0.05, 0.1) is 0 Å². The Morgan fingerprint density at radius 2 is 2.27 bits per heavy atom. The highest BCUT2D eigenvalue weighted by Gasteiger charge is 2.12. The first-order valence-corrected chi connectivity index (χ1v) is 5.18. The van der Waals surface area contributed by atoms with Crippen molar-refractivity contribution in [2.45, 2.75) is 12.5 Å². The lowest BCUT2D eigenvalue weighted by atomic mass is 10.0. The van der Waals surface area contributed by atoms with Crippen LogP contribution in [0.3, 0.4) is 0 Å². The lowest BCUT2D eigenvalue weighted by Gasteiger charge is -2.17. The van der Waals surface area contributed by atoms with Gasteiger partial charge in [-0.25, -0.2) is 4.39 Å². The second-order valence-electron chi connectivity index (χ2n) is 3.29. The maximum absolute atomic E-state index is 12.8. The first-order chi connectivity index (χ1) is 7.19. The van der Waals surface area contributed by atoms with Crippen LogP contribution in [0.4, 0.5) is 4.39 Å². The van der Waals surface area contributed by atoms with Crippen LogP contribution >= 0.6 is 11.6 Å². The summed E-state index contributed by atoms with van der Waals surface area (Å²) in [6.07, 6.45) is 0.804.